The second-order valence-electron chi connectivity index (χ2n) is 4.08. The molecule has 1 aromatic rings. The summed E-state index contributed by atoms with van der Waals surface area (Å²) in [6.45, 7) is -0.367. The minimum Gasteiger partial charge on any atom is -0.497 e. The van der Waals surface area contributed by atoms with Crippen LogP contribution in [0.1, 0.15) is 5.56 Å². The summed E-state index contributed by atoms with van der Waals surface area (Å²) < 4.78 is 66.8. The van der Waals surface area contributed by atoms with E-state index in [2.05, 4.69) is 0 Å². The van der Waals surface area contributed by atoms with Crippen molar-refractivity contribution in [3.05, 3.63) is 29.8 Å². The maximum Gasteiger partial charge on any atom is 0.463 e. The Morgan fingerprint density at radius 1 is 1.15 bits per heavy atom. The molecule has 0 aliphatic rings. The average Bonchev–Trinajstić information content (AvgIpc) is 2.37. The molecule has 0 aromatic heterocycles. The van der Waals surface area contributed by atoms with Crippen molar-refractivity contribution in [2.75, 3.05) is 14.2 Å². The maximum atomic E-state index is 12.9. The van der Waals surface area contributed by atoms with Gasteiger partial charge in [0.05, 0.1) is 7.11 Å². The highest BCUT2D eigenvalue weighted by Crippen LogP contribution is 2.36. The van der Waals surface area contributed by atoms with Gasteiger partial charge in [0.15, 0.2) is 0 Å². The van der Waals surface area contributed by atoms with E-state index in [-0.39, 0.29) is 6.54 Å². The highest BCUT2D eigenvalue weighted by Gasteiger charge is 2.64. The summed E-state index contributed by atoms with van der Waals surface area (Å²) in [6, 6.07) is 5.95. The van der Waals surface area contributed by atoms with E-state index in [1.54, 1.807) is 0 Å². The number of nitrogens with zero attached hydrogens (tertiary/aromatic N) is 1. The van der Waals surface area contributed by atoms with Gasteiger partial charge in [-0.15, -0.1) is 0 Å². The van der Waals surface area contributed by atoms with E-state index in [4.69, 9.17) is 4.74 Å². The van der Waals surface area contributed by atoms with Crippen molar-refractivity contribution in [3.63, 3.8) is 0 Å². The summed E-state index contributed by atoms with van der Waals surface area (Å²) in [7, 11) is 2.31. The van der Waals surface area contributed by atoms with Crippen LogP contribution in [0, 0.1) is 0 Å². The van der Waals surface area contributed by atoms with Crippen LogP contribution in [0.2, 0.25) is 0 Å². The lowest BCUT2D eigenvalue weighted by molar-refractivity contribution is -0.274. The van der Waals surface area contributed by atoms with Gasteiger partial charge < -0.3 is 9.64 Å². The van der Waals surface area contributed by atoms with E-state index in [0.29, 0.717) is 16.2 Å². The Morgan fingerprint density at radius 3 is 2.05 bits per heavy atom. The van der Waals surface area contributed by atoms with Crippen LogP contribution >= 0.6 is 0 Å². The Kier molecular flexibility index (Phi) is 4.57. The number of rotatable bonds is 4. The van der Waals surface area contributed by atoms with E-state index >= 15 is 0 Å². The Balaban J connectivity index is 2.80. The second-order valence-corrected chi connectivity index (χ2v) is 4.08. The summed E-state index contributed by atoms with van der Waals surface area (Å²) >= 11 is 0. The van der Waals surface area contributed by atoms with Crippen LogP contribution in [0.15, 0.2) is 24.3 Å². The largest absolute Gasteiger partial charge is 0.497 e. The fourth-order valence-electron chi connectivity index (χ4n) is 1.44. The van der Waals surface area contributed by atoms with Gasteiger partial charge in [-0.05, 0) is 17.7 Å². The first kappa shape index (κ1) is 16.2. The number of hydrogen-bond acceptors (Lipinski definition) is 2. The van der Waals surface area contributed by atoms with Gasteiger partial charge in [0.2, 0.25) is 0 Å². The normalized spacial score (nSPS) is 12.2. The van der Waals surface area contributed by atoms with Gasteiger partial charge in [-0.1, -0.05) is 12.1 Å². The molecular weight excluding hydrogens is 285 g/mol. The Labute approximate surface area is 111 Å². The molecular formula is C12H12F5NO2. The highest BCUT2D eigenvalue weighted by molar-refractivity contribution is 5.84. The molecule has 20 heavy (non-hydrogen) atoms. The zero-order valence-corrected chi connectivity index (χ0v) is 10.7. The van der Waals surface area contributed by atoms with Crippen LogP contribution in [0.25, 0.3) is 0 Å². The number of carbonyl (C=O) groups excluding carboxylic acids is 1. The summed E-state index contributed by atoms with van der Waals surface area (Å²) in [4.78, 5) is 11.5. The standard InChI is InChI=1S/C12H12F5NO2/c1-18(10(19)11(13,14)12(15,16)17)7-8-3-5-9(20-2)6-4-8/h3-6H,7H2,1-2H3. The van der Waals surface area contributed by atoms with E-state index < -0.39 is 18.0 Å². The molecule has 0 unspecified atom stereocenters. The van der Waals surface area contributed by atoms with E-state index in [0.717, 1.165) is 7.05 Å². The lowest BCUT2D eigenvalue weighted by atomic mass is 10.2. The third-order valence-corrected chi connectivity index (χ3v) is 2.55. The van der Waals surface area contributed by atoms with Crippen LogP contribution < -0.4 is 4.74 Å². The Bertz CT molecular complexity index is 470. The average molecular weight is 297 g/mol. The Morgan fingerprint density at radius 2 is 1.65 bits per heavy atom. The molecule has 0 fully saturated rings. The molecule has 0 saturated heterocycles. The molecule has 1 amide bonds. The van der Waals surface area contributed by atoms with E-state index in [1.807, 2.05) is 0 Å². The first-order valence-electron chi connectivity index (χ1n) is 5.42. The smallest absolute Gasteiger partial charge is 0.463 e. The molecule has 0 aliphatic carbocycles. The second kappa shape index (κ2) is 5.64. The molecule has 0 saturated carbocycles. The summed E-state index contributed by atoms with van der Waals surface area (Å²) in [5.74, 6) is -7.18. The molecule has 112 valence electrons. The SMILES string of the molecule is COc1ccc(CN(C)C(=O)C(F)(F)C(F)(F)F)cc1. The van der Waals surface area contributed by atoms with Crippen molar-refractivity contribution in [2.45, 2.75) is 18.6 Å². The van der Waals surface area contributed by atoms with Crippen molar-refractivity contribution in [1.82, 2.24) is 4.90 Å². The predicted octanol–water partition coefficient (Wildman–Crippen LogP) is 2.85. The third kappa shape index (κ3) is 3.37. The lowest BCUT2D eigenvalue weighted by Gasteiger charge is -2.24. The van der Waals surface area contributed by atoms with E-state index in [1.165, 1.54) is 31.4 Å². The molecule has 3 nitrogen and oxygen atoms in total. The van der Waals surface area contributed by atoms with E-state index in [9.17, 15) is 26.7 Å². The molecule has 0 heterocycles. The summed E-state index contributed by atoms with van der Waals surface area (Å²) in [6.07, 6.45) is -5.90. The van der Waals surface area contributed by atoms with Crippen molar-refractivity contribution >= 4 is 5.91 Å². The zero-order valence-electron chi connectivity index (χ0n) is 10.7. The van der Waals surface area contributed by atoms with Crippen LogP contribution in [0.5, 0.6) is 5.75 Å². The first-order valence-corrected chi connectivity index (χ1v) is 5.42. The third-order valence-electron chi connectivity index (χ3n) is 2.55. The van der Waals surface area contributed by atoms with Crippen molar-refractivity contribution in [1.29, 1.82) is 0 Å². The minimum absolute atomic E-state index is 0.329. The van der Waals surface area contributed by atoms with Gasteiger partial charge in [-0.3, -0.25) is 4.79 Å². The predicted molar refractivity (Wildman–Crippen MR) is 60.5 cm³/mol. The minimum atomic E-state index is -5.90. The number of hydrogen-bond donors (Lipinski definition) is 0. The molecule has 0 spiro atoms. The number of halogens is 5. The topological polar surface area (TPSA) is 29.5 Å². The fourth-order valence-corrected chi connectivity index (χ4v) is 1.44. The molecule has 0 bridgehead atoms. The van der Waals surface area contributed by atoms with Gasteiger partial charge in [-0.2, -0.15) is 22.0 Å². The highest BCUT2D eigenvalue weighted by atomic mass is 19.4. The monoisotopic (exact) mass is 297 g/mol. The molecule has 0 N–H and O–H groups in total. The lowest BCUT2D eigenvalue weighted by Crippen LogP contribution is -2.50. The van der Waals surface area contributed by atoms with Crippen LogP contribution in [0.3, 0.4) is 0 Å². The van der Waals surface area contributed by atoms with Gasteiger partial charge in [0.1, 0.15) is 5.75 Å². The van der Waals surface area contributed by atoms with Crippen LogP contribution in [0.4, 0.5) is 22.0 Å². The molecule has 0 radical (unpaired) electrons. The van der Waals surface area contributed by atoms with Crippen LogP contribution in [-0.4, -0.2) is 37.1 Å². The molecule has 0 aliphatic heterocycles. The molecule has 0 atom stereocenters. The number of ether oxygens (including phenoxy) is 1. The van der Waals surface area contributed by atoms with Gasteiger partial charge in [-0.25, -0.2) is 0 Å². The zero-order chi connectivity index (χ0) is 15.6. The van der Waals surface area contributed by atoms with Gasteiger partial charge >= 0.3 is 18.0 Å². The van der Waals surface area contributed by atoms with Crippen molar-refractivity contribution in [3.8, 4) is 5.75 Å². The summed E-state index contributed by atoms with van der Waals surface area (Å²) in [5, 5.41) is 0. The first-order chi connectivity index (χ1) is 9.09. The fraction of sp³-hybridized carbons (Fsp3) is 0.417. The van der Waals surface area contributed by atoms with Crippen molar-refractivity contribution < 1.29 is 31.5 Å². The summed E-state index contributed by atoms with van der Waals surface area (Å²) in [5.41, 5.74) is 0.402. The quantitative estimate of drug-likeness (QED) is 0.800. The number of benzene rings is 1. The number of alkyl halides is 5. The van der Waals surface area contributed by atoms with Crippen molar-refractivity contribution in [2.24, 2.45) is 0 Å². The number of amides is 1. The van der Waals surface area contributed by atoms with Gasteiger partial charge in [0.25, 0.3) is 0 Å². The Hall–Kier alpha value is -1.86. The van der Waals surface area contributed by atoms with Crippen LogP contribution in [-0.2, 0) is 11.3 Å². The van der Waals surface area contributed by atoms with Gasteiger partial charge in [0, 0.05) is 13.6 Å². The molecule has 1 rings (SSSR count). The maximum absolute atomic E-state index is 12.9. The molecule has 1 aromatic carbocycles. The number of carbonyl (C=O) groups is 1. The number of methoxy groups -OCH3 is 1. The molecule has 8 heteroatoms.